The van der Waals surface area contributed by atoms with Crippen LogP contribution in [0.5, 0.6) is 0 Å². The Morgan fingerprint density at radius 1 is 1.22 bits per heavy atom. The summed E-state index contributed by atoms with van der Waals surface area (Å²) in [4.78, 5) is 0. The molecule has 0 aromatic heterocycles. The first-order valence-electron chi connectivity index (χ1n) is 6.77. The third kappa shape index (κ3) is 3.44. The van der Waals surface area contributed by atoms with E-state index in [1.807, 2.05) is 6.07 Å². The predicted octanol–water partition coefficient (Wildman–Crippen LogP) is 1.34. The Bertz CT molecular complexity index is 406. The molecule has 0 unspecified atom stereocenters. The first-order valence-corrected chi connectivity index (χ1v) is 8.16. The molecule has 0 aromatic carbocycles. The summed E-state index contributed by atoms with van der Waals surface area (Å²) >= 11 is 0. The number of hydrogen-bond acceptors (Lipinski definition) is 3. The van der Waals surface area contributed by atoms with Crippen molar-refractivity contribution < 1.29 is 8.42 Å². The van der Waals surface area contributed by atoms with E-state index in [1.165, 1.54) is 4.31 Å². The van der Waals surface area contributed by atoms with Crippen molar-refractivity contribution in [2.75, 3.05) is 26.2 Å². The summed E-state index contributed by atoms with van der Waals surface area (Å²) in [5.74, 6) is 0.517. The van der Waals surface area contributed by atoms with Crippen molar-refractivity contribution in [1.82, 2.24) is 8.61 Å². The van der Waals surface area contributed by atoms with Crippen molar-refractivity contribution in [3.63, 3.8) is 0 Å². The van der Waals surface area contributed by atoms with Crippen LogP contribution >= 0.6 is 0 Å². The molecule has 0 amide bonds. The van der Waals surface area contributed by atoms with Gasteiger partial charge in [-0.25, -0.2) is 0 Å². The second kappa shape index (κ2) is 6.00. The highest BCUT2D eigenvalue weighted by molar-refractivity contribution is 7.86. The molecule has 5 nitrogen and oxygen atoms in total. The minimum Gasteiger partial charge on any atom is -0.198 e. The fourth-order valence-corrected chi connectivity index (χ4v) is 4.09. The SMILES string of the molecule is N#CCCN(CC1CC1)S(=O)(=O)N1CCCCC1. The summed E-state index contributed by atoms with van der Waals surface area (Å²) in [6, 6.07) is 2.04. The molecule has 2 fully saturated rings. The molecule has 1 saturated heterocycles. The number of nitriles is 1. The van der Waals surface area contributed by atoms with Crippen LogP contribution in [0.3, 0.4) is 0 Å². The van der Waals surface area contributed by atoms with E-state index in [0.717, 1.165) is 32.1 Å². The quantitative estimate of drug-likeness (QED) is 0.732. The summed E-state index contributed by atoms with van der Waals surface area (Å²) in [5, 5.41) is 8.66. The summed E-state index contributed by atoms with van der Waals surface area (Å²) in [7, 11) is -3.34. The highest BCUT2D eigenvalue weighted by atomic mass is 32.2. The molecule has 1 heterocycles. The van der Waals surface area contributed by atoms with Crippen molar-refractivity contribution in [3.05, 3.63) is 0 Å². The van der Waals surface area contributed by atoms with Crippen molar-refractivity contribution in [3.8, 4) is 6.07 Å². The first-order chi connectivity index (χ1) is 8.64. The predicted molar refractivity (Wildman–Crippen MR) is 68.9 cm³/mol. The van der Waals surface area contributed by atoms with Gasteiger partial charge in [0, 0.05) is 32.6 Å². The zero-order valence-corrected chi connectivity index (χ0v) is 11.5. The minimum atomic E-state index is -3.34. The second-order valence-corrected chi connectivity index (χ2v) is 7.11. The van der Waals surface area contributed by atoms with Crippen LogP contribution in [0.15, 0.2) is 0 Å². The van der Waals surface area contributed by atoms with Crippen molar-refractivity contribution >= 4 is 10.2 Å². The van der Waals surface area contributed by atoms with Gasteiger partial charge in [0.25, 0.3) is 10.2 Å². The lowest BCUT2D eigenvalue weighted by atomic mass is 10.2. The lowest BCUT2D eigenvalue weighted by Gasteiger charge is -2.31. The van der Waals surface area contributed by atoms with E-state index in [4.69, 9.17) is 5.26 Å². The molecule has 102 valence electrons. The van der Waals surface area contributed by atoms with Crippen LogP contribution in [-0.2, 0) is 10.2 Å². The lowest BCUT2D eigenvalue weighted by Crippen LogP contribution is -2.47. The molecule has 2 rings (SSSR count). The summed E-state index contributed by atoms with van der Waals surface area (Å²) in [6.07, 6.45) is 5.55. The Kier molecular flexibility index (Phi) is 4.60. The first kappa shape index (κ1) is 13.8. The van der Waals surface area contributed by atoms with Gasteiger partial charge in [0.15, 0.2) is 0 Å². The molecule has 0 bridgehead atoms. The smallest absolute Gasteiger partial charge is 0.198 e. The fraction of sp³-hybridized carbons (Fsp3) is 0.917. The Hall–Kier alpha value is -0.640. The van der Waals surface area contributed by atoms with E-state index in [2.05, 4.69) is 0 Å². The molecule has 0 N–H and O–H groups in total. The topological polar surface area (TPSA) is 64.4 Å². The normalized spacial score (nSPS) is 22.0. The van der Waals surface area contributed by atoms with Crippen molar-refractivity contribution in [2.45, 2.75) is 38.5 Å². The van der Waals surface area contributed by atoms with Gasteiger partial charge in [-0.3, -0.25) is 0 Å². The number of nitrogens with zero attached hydrogens (tertiary/aromatic N) is 3. The fourth-order valence-electron chi connectivity index (χ4n) is 2.32. The van der Waals surface area contributed by atoms with E-state index < -0.39 is 10.2 Å². The van der Waals surface area contributed by atoms with Crippen LogP contribution in [0, 0.1) is 17.2 Å². The third-order valence-electron chi connectivity index (χ3n) is 3.60. The van der Waals surface area contributed by atoms with E-state index in [9.17, 15) is 8.42 Å². The maximum absolute atomic E-state index is 12.5. The van der Waals surface area contributed by atoms with Gasteiger partial charge < -0.3 is 0 Å². The van der Waals surface area contributed by atoms with Gasteiger partial charge in [-0.2, -0.15) is 22.3 Å². The van der Waals surface area contributed by atoms with E-state index in [-0.39, 0.29) is 6.42 Å². The highest BCUT2D eigenvalue weighted by Crippen LogP contribution is 2.31. The average molecular weight is 271 g/mol. The molecule has 0 atom stereocenters. The Morgan fingerprint density at radius 3 is 2.44 bits per heavy atom. The zero-order chi connectivity index (χ0) is 13.0. The van der Waals surface area contributed by atoms with Gasteiger partial charge in [-0.05, 0) is 31.6 Å². The van der Waals surface area contributed by atoms with Gasteiger partial charge in [0.05, 0.1) is 6.07 Å². The molecular formula is C12H21N3O2S. The maximum atomic E-state index is 12.5. The number of hydrogen-bond donors (Lipinski definition) is 0. The Labute approximate surface area is 110 Å². The van der Waals surface area contributed by atoms with E-state index in [0.29, 0.717) is 32.1 Å². The van der Waals surface area contributed by atoms with Crippen LogP contribution in [0.25, 0.3) is 0 Å². The molecule has 1 aliphatic carbocycles. The van der Waals surface area contributed by atoms with Crippen LogP contribution in [-0.4, -0.2) is 43.2 Å². The van der Waals surface area contributed by atoms with Gasteiger partial charge >= 0.3 is 0 Å². The second-order valence-electron chi connectivity index (χ2n) is 5.18. The highest BCUT2D eigenvalue weighted by Gasteiger charge is 2.34. The summed E-state index contributed by atoms with van der Waals surface area (Å²) < 4.78 is 28.1. The minimum absolute atomic E-state index is 0.278. The van der Waals surface area contributed by atoms with Crippen LogP contribution in [0.2, 0.25) is 0 Å². The van der Waals surface area contributed by atoms with E-state index in [1.54, 1.807) is 4.31 Å². The molecule has 0 radical (unpaired) electrons. The lowest BCUT2D eigenvalue weighted by molar-refractivity contribution is 0.300. The van der Waals surface area contributed by atoms with Gasteiger partial charge in [-0.1, -0.05) is 6.42 Å². The summed E-state index contributed by atoms with van der Waals surface area (Å²) in [6.45, 7) is 2.21. The van der Waals surface area contributed by atoms with Crippen LogP contribution < -0.4 is 0 Å². The van der Waals surface area contributed by atoms with Gasteiger partial charge in [-0.15, -0.1) is 0 Å². The molecule has 1 saturated carbocycles. The maximum Gasteiger partial charge on any atom is 0.282 e. The average Bonchev–Trinajstić information content (AvgIpc) is 3.19. The molecule has 18 heavy (non-hydrogen) atoms. The van der Waals surface area contributed by atoms with Crippen LogP contribution in [0.1, 0.15) is 38.5 Å². The van der Waals surface area contributed by atoms with Crippen LogP contribution in [0.4, 0.5) is 0 Å². The number of piperidine rings is 1. The molecule has 1 aliphatic heterocycles. The van der Waals surface area contributed by atoms with Gasteiger partial charge in [0.2, 0.25) is 0 Å². The van der Waals surface area contributed by atoms with Crippen molar-refractivity contribution in [2.24, 2.45) is 5.92 Å². The molecule has 0 spiro atoms. The molecule has 6 heteroatoms. The standard InChI is InChI=1S/C12H21N3O2S/c13-7-4-10-15(11-12-5-6-12)18(16,17)14-8-2-1-3-9-14/h12H,1-6,8-11H2. The summed E-state index contributed by atoms with van der Waals surface area (Å²) in [5.41, 5.74) is 0. The largest absolute Gasteiger partial charge is 0.282 e. The molecular weight excluding hydrogens is 250 g/mol. The Morgan fingerprint density at radius 2 is 1.89 bits per heavy atom. The van der Waals surface area contributed by atoms with Crippen molar-refractivity contribution in [1.29, 1.82) is 5.26 Å². The number of rotatable bonds is 6. The monoisotopic (exact) mass is 271 g/mol. The molecule has 2 aliphatic rings. The van der Waals surface area contributed by atoms with E-state index >= 15 is 0 Å². The molecule has 0 aromatic rings. The zero-order valence-electron chi connectivity index (χ0n) is 10.7. The Balaban J connectivity index is 2.03. The third-order valence-corrected chi connectivity index (χ3v) is 5.60. The van der Waals surface area contributed by atoms with Gasteiger partial charge in [0.1, 0.15) is 0 Å².